The predicted octanol–water partition coefficient (Wildman–Crippen LogP) is 5.08. The molecule has 3 heterocycles. The summed E-state index contributed by atoms with van der Waals surface area (Å²) in [5, 5.41) is 7.81. The molecule has 1 aliphatic rings. The molecule has 1 aliphatic heterocycles. The molecule has 0 bridgehead atoms. The lowest BCUT2D eigenvalue weighted by atomic mass is 9.87. The first-order valence-corrected chi connectivity index (χ1v) is 15.3. The summed E-state index contributed by atoms with van der Waals surface area (Å²) in [5.74, 6) is 2.15. The molecule has 10 nitrogen and oxygen atoms in total. The zero-order chi connectivity index (χ0) is 31.4. The van der Waals surface area contributed by atoms with Gasteiger partial charge in [0, 0.05) is 29.9 Å². The van der Waals surface area contributed by atoms with Gasteiger partial charge in [0.25, 0.3) is 0 Å². The number of hydrogen-bond acceptors (Lipinski definition) is 8. The summed E-state index contributed by atoms with van der Waals surface area (Å²) in [7, 11) is 4.82. The lowest BCUT2D eigenvalue weighted by Gasteiger charge is -2.25. The second-order valence-electron chi connectivity index (χ2n) is 11.4. The van der Waals surface area contributed by atoms with Crippen molar-refractivity contribution in [3.8, 4) is 22.9 Å². The van der Waals surface area contributed by atoms with Crippen molar-refractivity contribution in [2.24, 2.45) is 0 Å². The Morgan fingerprint density at radius 1 is 1.02 bits per heavy atom. The molecule has 0 radical (unpaired) electrons. The molecular formula is C33H37N5O5S. The molecule has 2 amide bonds. The molecule has 4 aromatic rings. The topological polar surface area (TPSA) is 108 Å². The number of aromatic nitrogens is 3. The minimum atomic E-state index is -0.390. The van der Waals surface area contributed by atoms with Crippen LogP contribution in [0.3, 0.4) is 0 Å². The van der Waals surface area contributed by atoms with Gasteiger partial charge in [0.05, 0.1) is 43.7 Å². The second-order valence-corrected chi connectivity index (χ2v) is 12.5. The molecule has 0 aliphatic carbocycles. The number of anilines is 1. The van der Waals surface area contributed by atoms with Gasteiger partial charge >= 0.3 is 0 Å². The largest absolute Gasteiger partial charge is 0.497 e. The van der Waals surface area contributed by atoms with Crippen molar-refractivity contribution >= 4 is 29.4 Å². The Labute approximate surface area is 261 Å². The number of pyridine rings is 1. The normalized spacial score (nSPS) is 14.9. The number of fused-ring (bicyclic) bond motifs is 1. The van der Waals surface area contributed by atoms with Crippen molar-refractivity contribution in [2.45, 2.75) is 38.0 Å². The number of carbonyl (C=O) groups excluding carboxylic acids is 2. The Morgan fingerprint density at radius 2 is 1.77 bits per heavy atom. The number of rotatable bonds is 9. The van der Waals surface area contributed by atoms with Crippen molar-refractivity contribution in [3.05, 3.63) is 89.4 Å². The molecule has 0 saturated carbocycles. The lowest BCUT2D eigenvalue weighted by Crippen LogP contribution is -2.42. The average Bonchev–Trinajstić information content (AvgIpc) is 3.37. The van der Waals surface area contributed by atoms with Crippen LogP contribution in [0.4, 0.5) is 5.82 Å². The Morgan fingerprint density at radius 3 is 2.41 bits per heavy atom. The van der Waals surface area contributed by atoms with E-state index in [-0.39, 0.29) is 29.4 Å². The third-order valence-electron chi connectivity index (χ3n) is 7.34. The first kappa shape index (κ1) is 30.9. The van der Waals surface area contributed by atoms with Crippen LogP contribution in [0.2, 0.25) is 0 Å². The van der Waals surface area contributed by atoms with E-state index in [9.17, 15) is 9.59 Å². The van der Waals surface area contributed by atoms with Gasteiger partial charge in [-0.1, -0.05) is 32.9 Å². The highest BCUT2D eigenvalue weighted by atomic mass is 32.2. The zero-order valence-corrected chi connectivity index (χ0v) is 26.6. The highest BCUT2D eigenvalue weighted by molar-refractivity contribution is 8.00. The van der Waals surface area contributed by atoms with E-state index in [1.807, 2.05) is 54.6 Å². The molecule has 1 atom stereocenters. The molecule has 2 aromatic carbocycles. The number of methoxy groups -OCH3 is 3. The van der Waals surface area contributed by atoms with Crippen LogP contribution in [0.1, 0.15) is 48.4 Å². The van der Waals surface area contributed by atoms with E-state index < -0.39 is 5.41 Å². The minimum Gasteiger partial charge on any atom is -0.497 e. The number of ether oxygens (including phenoxy) is 3. The SMILES string of the molecule is COc1ccc(-n2nc(C(C)(C)C)c3c2N(CC(=O)NCc2cccnc2)C(=O)CS[C@@H]3c2ccc(OC)c(OC)c2)cc1. The minimum absolute atomic E-state index is 0.162. The van der Waals surface area contributed by atoms with Gasteiger partial charge in [-0.2, -0.15) is 5.10 Å². The van der Waals surface area contributed by atoms with Crippen LogP contribution >= 0.6 is 11.8 Å². The number of thioether (sulfide) groups is 1. The molecule has 44 heavy (non-hydrogen) atoms. The van der Waals surface area contributed by atoms with Gasteiger partial charge in [0.2, 0.25) is 11.8 Å². The van der Waals surface area contributed by atoms with Gasteiger partial charge in [-0.25, -0.2) is 4.68 Å². The van der Waals surface area contributed by atoms with Crippen molar-refractivity contribution in [2.75, 3.05) is 38.5 Å². The molecule has 0 fully saturated rings. The fourth-order valence-electron chi connectivity index (χ4n) is 5.16. The summed E-state index contributed by atoms with van der Waals surface area (Å²) in [4.78, 5) is 33.0. The summed E-state index contributed by atoms with van der Waals surface area (Å²) < 4.78 is 18.3. The fraction of sp³-hybridized carbons (Fsp3) is 0.333. The smallest absolute Gasteiger partial charge is 0.240 e. The van der Waals surface area contributed by atoms with Crippen LogP contribution in [-0.4, -0.2) is 60.2 Å². The Bertz CT molecular complexity index is 1630. The van der Waals surface area contributed by atoms with Crippen LogP contribution in [0.25, 0.3) is 5.69 Å². The first-order valence-electron chi connectivity index (χ1n) is 14.2. The maximum Gasteiger partial charge on any atom is 0.240 e. The van der Waals surface area contributed by atoms with Crippen LogP contribution in [0.15, 0.2) is 67.0 Å². The Kier molecular flexibility index (Phi) is 9.14. The van der Waals surface area contributed by atoms with E-state index in [1.54, 1.807) is 43.3 Å². The van der Waals surface area contributed by atoms with E-state index in [2.05, 4.69) is 31.1 Å². The van der Waals surface area contributed by atoms with Crippen molar-refractivity contribution in [1.29, 1.82) is 0 Å². The van der Waals surface area contributed by atoms with E-state index >= 15 is 0 Å². The second kappa shape index (κ2) is 13.0. The highest BCUT2D eigenvalue weighted by Gasteiger charge is 2.40. The molecule has 5 rings (SSSR count). The molecular weight excluding hydrogens is 578 g/mol. The molecule has 2 aromatic heterocycles. The number of nitrogens with one attached hydrogen (secondary N) is 1. The quantitative estimate of drug-likeness (QED) is 0.278. The summed E-state index contributed by atoms with van der Waals surface area (Å²) in [6.45, 7) is 6.43. The van der Waals surface area contributed by atoms with Gasteiger partial charge in [-0.05, 0) is 53.6 Å². The van der Waals surface area contributed by atoms with Crippen LogP contribution in [-0.2, 0) is 21.5 Å². The summed E-state index contributed by atoms with van der Waals surface area (Å²) in [6.07, 6.45) is 3.39. The van der Waals surface area contributed by atoms with Crippen molar-refractivity contribution < 1.29 is 23.8 Å². The number of benzene rings is 2. The van der Waals surface area contributed by atoms with Gasteiger partial charge in [-0.15, -0.1) is 11.8 Å². The summed E-state index contributed by atoms with van der Waals surface area (Å²) in [5.41, 5.74) is 3.85. The van der Waals surface area contributed by atoms with E-state index in [4.69, 9.17) is 19.3 Å². The van der Waals surface area contributed by atoms with E-state index in [0.29, 0.717) is 29.6 Å². The third kappa shape index (κ3) is 6.37. The number of nitrogens with zero attached hydrogens (tertiary/aromatic N) is 4. The maximum absolute atomic E-state index is 13.9. The monoisotopic (exact) mass is 615 g/mol. The Balaban J connectivity index is 1.67. The van der Waals surface area contributed by atoms with Crippen molar-refractivity contribution in [3.63, 3.8) is 0 Å². The van der Waals surface area contributed by atoms with Gasteiger partial charge in [-0.3, -0.25) is 19.5 Å². The summed E-state index contributed by atoms with van der Waals surface area (Å²) in [6, 6.07) is 17.0. The van der Waals surface area contributed by atoms with Gasteiger partial charge in [0.15, 0.2) is 11.5 Å². The fourth-order valence-corrected chi connectivity index (χ4v) is 6.35. The van der Waals surface area contributed by atoms with Crippen LogP contribution < -0.4 is 24.4 Å². The third-order valence-corrected chi connectivity index (χ3v) is 8.60. The van der Waals surface area contributed by atoms with E-state index in [0.717, 1.165) is 28.1 Å². The Hall–Kier alpha value is -4.51. The maximum atomic E-state index is 13.9. The highest BCUT2D eigenvalue weighted by Crippen LogP contribution is 2.49. The van der Waals surface area contributed by atoms with Gasteiger partial charge < -0.3 is 19.5 Å². The number of carbonyl (C=O) groups is 2. The zero-order valence-electron chi connectivity index (χ0n) is 25.8. The molecule has 230 valence electrons. The number of amides is 2. The first-order chi connectivity index (χ1) is 21.1. The molecule has 11 heteroatoms. The van der Waals surface area contributed by atoms with E-state index in [1.165, 1.54) is 11.8 Å². The van der Waals surface area contributed by atoms with Gasteiger partial charge in [0.1, 0.15) is 18.1 Å². The molecule has 0 saturated heterocycles. The molecule has 1 N–H and O–H groups in total. The number of hydrogen-bond donors (Lipinski definition) is 1. The van der Waals surface area contributed by atoms with Crippen LogP contribution in [0.5, 0.6) is 17.2 Å². The van der Waals surface area contributed by atoms with Crippen molar-refractivity contribution in [1.82, 2.24) is 20.1 Å². The average molecular weight is 616 g/mol. The van der Waals surface area contributed by atoms with Crippen LogP contribution in [0, 0.1) is 0 Å². The summed E-state index contributed by atoms with van der Waals surface area (Å²) >= 11 is 1.51. The lowest BCUT2D eigenvalue weighted by molar-refractivity contribution is -0.123. The molecule has 0 unspecified atom stereocenters. The molecule has 0 spiro atoms. The standard InChI is InChI=1S/C33H37N5O5S/c1-33(2,3)31-29-30(22-9-14-25(42-5)26(16-22)43-6)44-20-28(40)37(19-27(39)35-18-21-8-7-15-34-17-21)32(29)38(36-31)23-10-12-24(41-4)13-11-23/h7-17,30H,18-20H2,1-6H3,(H,35,39)/t30-/m1/s1. The predicted molar refractivity (Wildman–Crippen MR) is 171 cm³/mol.